The Bertz CT molecular complexity index is 1710. The van der Waals surface area contributed by atoms with Crippen molar-refractivity contribution >= 4 is 35.1 Å². The predicted octanol–water partition coefficient (Wildman–Crippen LogP) is 3.66. The molecule has 5 heterocycles. The Hall–Kier alpha value is -5.00. The molecule has 0 bridgehead atoms. The lowest BCUT2D eigenvalue weighted by Crippen LogP contribution is -2.45. The highest BCUT2D eigenvalue weighted by Crippen LogP contribution is 2.40. The van der Waals surface area contributed by atoms with Crippen LogP contribution >= 0.6 is 0 Å². The molecule has 3 aliphatic rings. The van der Waals surface area contributed by atoms with Crippen molar-refractivity contribution in [1.82, 2.24) is 29.2 Å². The Labute approximate surface area is 247 Å². The summed E-state index contributed by atoms with van der Waals surface area (Å²) in [6, 6.07) is 11.2. The maximum atomic E-state index is 13.1. The molecule has 3 N–H and O–H groups in total. The minimum absolute atomic E-state index is 0.0118. The van der Waals surface area contributed by atoms with Crippen molar-refractivity contribution in [3.8, 4) is 11.3 Å². The Morgan fingerprint density at radius 1 is 1.02 bits per heavy atom. The maximum absolute atomic E-state index is 13.1. The van der Waals surface area contributed by atoms with Crippen LogP contribution in [0.1, 0.15) is 59.3 Å². The molecule has 1 aromatic carbocycles. The third-order valence-electron chi connectivity index (χ3n) is 8.42. The molecule has 12 nitrogen and oxygen atoms in total. The first-order valence-corrected chi connectivity index (χ1v) is 14.6. The number of rotatable bonds is 7. The molecule has 4 aromatic rings. The summed E-state index contributed by atoms with van der Waals surface area (Å²) >= 11 is 0. The number of anilines is 2. The van der Waals surface area contributed by atoms with Gasteiger partial charge in [0.05, 0.1) is 6.54 Å². The smallest absolute Gasteiger partial charge is 0.410 e. The molecular weight excluding hydrogens is 548 g/mol. The number of nitrogens with two attached hydrogens (primary N) is 1. The Kier molecular flexibility index (Phi) is 6.88. The van der Waals surface area contributed by atoms with Crippen molar-refractivity contribution in [1.29, 1.82) is 0 Å². The zero-order chi connectivity index (χ0) is 29.5. The fourth-order valence-electron chi connectivity index (χ4n) is 5.98. The van der Waals surface area contributed by atoms with E-state index in [9.17, 15) is 14.4 Å². The lowest BCUT2D eigenvalue weighted by atomic mass is 9.97. The van der Waals surface area contributed by atoms with Gasteiger partial charge in [-0.2, -0.15) is 0 Å². The summed E-state index contributed by atoms with van der Waals surface area (Å²) in [5, 5.41) is 2.90. The maximum Gasteiger partial charge on any atom is 0.410 e. The quantitative estimate of drug-likeness (QED) is 0.337. The Morgan fingerprint density at radius 2 is 1.86 bits per heavy atom. The first-order valence-electron chi connectivity index (χ1n) is 14.6. The fraction of sp³-hybridized carbons (Fsp3) is 0.355. The van der Waals surface area contributed by atoms with Crippen LogP contribution in [-0.4, -0.2) is 79.8 Å². The molecule has 2 aliphatic heterocycles. The van der Waals surface area contributed by atoms with E-state index in [1.54, 1.807) is 29.4 Å². The van der Waals surface area contributed by atoms with Gasteiger partial charge in [-0.05, 0) is 61.4 Å². The molecule has 3 aromatic heterocycles. The molecule has 0 radical (unpaired) electrons. The molecular formula is C31H32N8O4. The fourth-order valence-corrected chi connectivity index (χ4v) is 5.98. The second-order valence-electron chi connectivity index (χ2n) is 11.3. The number of benzene rings is 1. The molecule has 43 heavy (non-hydrogen) atoms. The average Bonchev–Trinajstić information content (AvgIpc) is 3.69. The van der Waals surface area contributed by atoms with E-state index >= 15 is 0 Å². The zero-order valence-corrected chi connectivity index (χ0v) is 23.6. The monoisotopic (exact) mass is 580 g/mol. The van der Waals surface area contributed by atoms with E-state index in [1.165, 1.54) is 23.3 Å². The second-order valence-corrected chi connectivity index (χ2v) is 11.3. The van der Waals surface area contributed by atoms with Crippen molar-refractivity contribution < 1.29 is 19.1 Å². The van der Waals surface area contributed by atoms with Gasteiger partial charge in [0, 0.05) is 48.7 Å². The number of carbonyl (C=O) groups excluding carboxylic acids is 3. The van der Waals surface area contributed by atoms with E-state index in [-0.39, 0.29) is 24.3 Å². The summed E-state index contributed by atoms with van der Waals surface area (Å²) in [4.78, 5) is 54.8. The van der Waals surface area contributed by atoms with Gasteiger partial charge in [0.25, 0.3) is 5.91 Å². The molecule has 2 saturated heterocycles. The van der Waals surface area contributed by atoms with Crippen LogP contribution in [0.25, 0.3) is 16.8 Å². The number of likely N-dealkylation sites (tertiary alicyclic amines) is 1. The van der Waals surface area contributed by atoms with Gasteiger partial charge in [-0.3, -0.25) is 18.9 Å². The minimum Gasteiger partial charge on any atom is -0.448 e. The van der Waals surface area contributed by atoms with Crippen molar-refractivity contribution in [2.75, 3.05) is 43.8 Å². The van der Waals surface area contributed by atoms with Crippen LogP contribution in [0, 0.1) is 0 Å². The van der Waals surface area contributed by atoms with Gasteiger partial charge in [-0.1, -0.05) is 12.1 Å². The number of hydrogen-bond acceptors (Lipinski definition) is 8. The van der Waals surface area contributed by atoms with E-state index < -0.39 is 6.09 Å². The van der Waals surface area contributed by atoms with Gasteiger partial charge < -0.3 is 20.7 Å². The number of pyridine rings is 1. The standard InChI is InChI=1S/C31H32N8O4/c32-28-27-26(20-5-7-21(8-6-20)30(41)35-24-16-22(9-10-33-24)19-3-4-19)36-29(39(27)13-11-34-28)23-2-1-12-37(17-23)25(40)18-38-14-15-43-31(38)42/h5-11,13,16,19,23H,1-4,12,14-15,17-18H2,(H2,32,34)(H,33,35,41)/t23-/m1/s1. The summed E-state index contributed by atoms with van der Waals surface area (Å²) in [7, 11) is 0. The van der Waals surface area contributed by atoms with Crippen molar-refractivity contribution in [3.05, 3.63) is 71.9 Å². The first-order chi connectivity index (χ1) is 20.9. The van der Waals surface area contributed by atoms with E-state index in [1.807, 2.05) is 34.9 Å². The number of imidazole rings is 1. The second kappa shape index (κ2) is 11.0. The lowest BCUT2D eigenvalue weighted by Gasteiger charge is -2.33. The summed E-state index contributed by atoms with van der Waals surface area (Å²) < 4.78 is 6.92. The van der Waals surface area contributed by atoms with Gasteiger partial charge in [0.2, 0.25) is 5.91 Å². The molecule has 1 aliphatic carbocycles. The highest BCUT2D eigenvalue weighted by molar-refractivity contribution is 6.04. The van der Waals surface area contributed by atoms with Crippen molar-refractivity contribution in [2.24, 2.45) is 0 Å². The molecule has 1 saturated carbocycles. The van der Waals surface area contributed by atoms with E-state index in [4.69, 9.17) is 15.5 Å². The van der Waals surface area contributed by atoms with Crippen LogP contribution in [0.3, 0.4) is 0 Å². The van der Waals surface area contributed by atoms with Crippen molar-refractivity contribution in [2.45, 2.75) is 37.5 Å². The summed E-state index contributed by atoms with van der Waals surface area (Å²) in [6.07, 6.45) is 8.78. The zero-order valence-electron chi connectivity index (χ0n) is 23.6. The SMILES string of the molecule is Nc1nccn2c([C@@H]3CCCN(C(=O)CN4CCOC4=O)C3)nc(-c3ccc(C(=O)Nc4cc(C5CC5)ccn4)cc3)c12. The van der Waals surface area contributed by atoms with E-state index in [0.717, 1.165) is 24.2 Å². The number of nitrogens with one attached hydrogen (secondary N) is 1. The molecule has 220 valence electrons. The van der Waals surface area contributed by atoms with Crippen molar-refractivity contribution in [3.63, 3.8) is 0 Å². The first kappa shape index (κ1) is 26.9. The number of cyclic esters (lactones) is 1. The molecule has 0 spiro atoms. The van der Waals surface area contributed by atoms with Gasteiger partial charge >= 0.3 is 6.09 Å². The molecule has 3 fully saturated rings. The van der Waals surface area contributed by atoms with Crippen LogP contribution in [0.4, 0.5) is 16.4 Å². The number of amides is 3. The Balaban J connectivity index is 1.12. The number of fused-ring (bicyclic) bond motifs is 1. The van der Waals surface area contributed by atoms with Gasteiger partial charge in [0.1, 0.15) is 41.8 Å². The lowest BCUT2D eigenvalue weighted by molar-refractivity contribution is -0.133. The molecule has 3 amide bonds. The summed E-state index contributed by atoms with van der Waals surface area (Å²) in [5.74, 6) is 1.88. The minimum atomic E-state index is -0.447. The summed E-state index contributed by atoms with van der Waals surface area (Å²) in [6.45, 7) is 1.86. The molecule has 1 atom stereocenters. The Morgan fingerprint density at radius 3 is 2.63 bits per heavy atom. The number of ether oxygens (including phenoxy) is 1. The third-order valence-corrected chi connectivity index (χ3v) is 8.42. The van der Waals surface area contributed by atoms with Crippen LogP contribution in [0.15, 0.2) is 55.0 Å². The number of piperidine rings is 1. The number of nitrogens with zero attached hydrogens (tertiary/aromatic N) is 6. The van der Waals surface area contributed by atoms with Crippen LogP contribution in [-0.2, 0) is 9.53 Å². The normalized spacial score (nSPS) is 18.6. The average molecular weight is 581 g/mol. The number of hydrogen-bond donors (Lipinski definition) is 2. The van der Waals surface area contributed by atoms with Crippen LogP contribution in [0.5, 0.6) is 0 Å². The molecule has 0 unspecified atom stereocenters. The molecule has 7 rings (SSSR count). The largest absolute Gasteiger partial charge is 0.448 e. The predicted molar refractivity (Wildman–Crippen MR) is 158 cm³/mol. The van der Waals surface area contributed by atoms with Gasteiger partial charge in [-0.15, -0.1) is 0 Å². The molecule has 12 heteroatoms. The third kappa shape index (κ3) is 5.36. The highest BCUT2D eigenvalue weighted by atomic mass is 16.6. The highest BCUT2D eigenvalue weighted by Gasteiger charge is 2.32. The van der Waals surface area contributed by atoms with Gasteiger partial charge in [0.15, 0.2) is 0 Å². The summed E-state index contributed by atoms with van der Waals surface area (Å²) in [5.41, 5.74) is 10.2. The van der Waals surface area contributed by atoms with Gasteiger partial charge in [-0.25, -0.2) is 19.7 Å². The number of nitrogen functional groups attached to an aromatic ring is 1. The van der Waals surface area contributed by atoms with Crippen LogP contribution < -0.4 is 11.1 Å². The van der Waals surface area contributed by atoms with E-state index in [0.29, 0.717) is 60.6 Å². The number of aromatic nitrogens is 4. The topological polar surface area (TPSA) is 148 Å². The van der Waals surface area contributed by atoms with E-state index in [2.05, 4.69) is 15.3 Å². The number of carbonyl (C=O) groups is 3. The van der Waals surface area contributed by atoms with Crippen LogP contribution in [0.2, 0.25) is 0 Å².